The molecule has 1 aliphatic carbocycles. The van der Waals surface area contributed by atoms with Crippen LogP contribution in [0.25, 0.3) is 0 Å². The lowest BCUT2D eigenvalue weighted by molar-refractivity contribution is -0.156. The number of aliphatic hydroxyl groups is 2. The van der Waals surface area contributed by atoms with Crippen LogP contribution in [0.1, 0.15) is 55.7 Å². The molecule has 0 saturated carbocycles. The van der Waals surface area contributed by atoms with Crippen LogP contribution >= 0.6 is 23.2 Å². The molecular weight excluding hydrogens is 445 g/mol. The molecule has 2 aromatic rings. The topological polar surface area (TPSA) is 60.8 Å². The second kappa shape index (κ2) is 9.56. The zero-order valence-electron chi connectivity index (χ0n) is 18.1. The SMILES string of the molecule is CC1(CC(O)CO)C[C@H](c2cccc(Cl)c2)[C@@H](c2ccc(Cl)cc2)N(C2C=CCC2)C1=O. The minimum atomic E-state index is -0.947. The van der Waals surface area contributed by atoms with Gasteiger partial charge in [-0.2, -0.15) is 0 Å². The highest BCUT2D eigenvalue weighted by atomic mass is 35.5. The molecule has 5 atom stereocenters. The second-order valence-electron chi connectivity index (χ2n) is 9.25. The molecule has 0 bridgehead atoms. The fourth-order valence-corrected chi connectivity index (χ4v) is 5.69. The Labute approximate surface area is 199 Å². The Balaban J connectivity index is 1.86. The molecule has 1 amide bonds. The van der Waals surface area contributed by atoms with E-state index in [0.717, 1.165) is 24.0 Å². The van der Waals surface area contributed by atoms with E-state index in [1.807, 2.05) is 54.3 Å². The lowest BCUT2D eigenvalue weighted by Gasteiger charge is -2.51. The standard InChI is InChI=1S/C26H29Cl2NO3/c1-26(14-22(31)16-30)15-23(18-5-4-6-20(28)13-18)24(17-9-11-19(27)12-10-17)29(25(26)32)21-7-2-3-8-21/h2,4-7,9-13,21-24,30-31H,3,8,14-16H2,1H3/t21?,22?,23-,24-,26?/m1/s1. The van der Waals surface area contributed by atoms with Gasteiger partial charge in [0.15, 0.2) is 0 Å². The minimum Gasteiger partial charge on any atom is -0.394 e. The van der Waals surface area contributed by atoms with Crippen molar-refractivity contribution in [3.8, 4) is 0 Å². The lowest BCUT2D eigenvalue weighted by atomic mass is 9.66. The molecule has 0 spiro atoms. The van der Waals surface area contributed by atoms with E-state index in [4.69, 9.17) is 23.2 Å². The van der Waals surface area contributed by atoms with Crippen LogP contribution in [-0.4, -0.2) is 39.8 Å². The second-order valence-corrected chi connectivity index (χ2v) is 10.1. The summed E-state index contributed by atoms with van der Waals surface area (Å²) in [4.78, 5) is 16.0. The predicted molar refractivity (Wildman–Crippen MR) is 128 cm³/mol. The average molecular weight is 474 g/mol. The third kappa shape index (κ3) is 4.60. The number of aliphatic hydroxyl groups excluding tert-OH is 2. The van der Waals surface area contributed by atoms with Crippen LogP contribution in [0.2, 0.25) is 10.0 Å². The van der Waals surface area contributed by atoms with Gasteiger partial charge < -0.3 is 15.1 Å². The van der Waals surface area contributed by atoms with E-state index in [2.05, 4.69) is 18.2 Å². The van der Waals surface area contributed by atoms with Gasteiger partial charge in [-0.25, -0.2) is 0 Å². The summed E-state index contributed by atoms with van der Waals surface area (Å²) in [5.74, 6) is -0.0164. The van der Waals surface area contributed by atoms with E-state index in [1.165, 1.54) is 0 Å². The van der Waals surface area contributed by atoms with Crippen molar-refractivity contribution in [2.45, 2.75) is 56.7 Å². The Kier molecular flexibility index (Phi) is 6.97. The van der Waals surface area contributed by atoms with Gasteiger partial charge >= 0.3 is 0 Å². The number of likely N-dealkylation sites (tertiary alicyclic amines) is 1. The number of hydrogen-bond acceptors (Lipinski definition) is 3. The molecule has 32 heavy (non-hydrogen) atoms. The van der Waals surface area contributed by atoms with Crippen molar-refractivity contribution >= 4 is 29.1 Å². The van der Waals surface area contributed by atoms with Crippen molar-refractivity contribution in [2.75, 3.05) is 6.61 Å². The molecule has 1 fully saturated rings. The highest BCUT2D eigenvalue weighted by Gasteiger charge is 2.51. The Morgan fingerprint density at radius 2 is 1.88 bits per heavy atom. The molecule has 3 unspecified atom stereocenters. The Morgan fingerprint density at radius 1 is 1.12 bits per heavy atom. The van der Waals surface area contributed by atoms with Gasteiger partial charge in [0.25, 0.3) is 0 Å². The molecule has 1 saturated heterocycles. The van der Waals surface area contributed by atoms with E-state index in [0.29, 0.717) is 16.5 Å². The maximum atomic E-state index is 14.0. The van der Waals surface area contributed by atoms with Crippen molar-refractivity contribution in [2.24, 2.45) is 5.41 Å². The quantitative estimate of drug-likeness (QED) is 0.542. The molecule has 1 heterocycles. The fourth-order valence-electron chi connectivity index (χ4n) is 5.37. The van der Waals surface area contributed by atoms with Gasteiger partial charge in [0.05, 0.1) is 24.8 Å². The number of carbonyl (C=O) groups excluding carboxylic acids is 1. The molecule has 0 aromatic heterocycles. The van der Waals surface area contributed by atoms with Gasteiger partial charge in [0, 0.05) is 21.4 Å². The largest absolute Gasteiger partial charge is 0.394 e. The molecule has 0 radical (unpaired) electrons. The van der Waals surface area contributed by atoms with Gasteiger partial charge in [0.2, 0.25) is 5.91 Å². The maximum absolute atomic E-state index is 14.0. The van der Waals surface area contributed by atoms with Crippen LogP contribution in [0.15, 0.2) is 60.7 Å². The van der Waals surface area contributed by atoms with E-state index < -0.39 is 11.5 Å². The molecule has 2 aromatic carbocycles. The van der Waals surface area contributed by atoms with Crippen molar-refractivity contribution < 1.29 is 15.0 Å². The van der Waals surface area contributed by atoms with Crippen LogP contribution in [-0.2, 0) is 4.79 Å². The molecule has 2 N–H and O–H groups in total. The first-order valence-corrected chi connectivity index (χ1v) is 11.9. The van der Waals surface area contributed by atoms with E-state index in [9.17, 15) is 15.0 Å². The molecule has 1 aliphatic heterocycles. The van der Waals surface area contributed by atoms with Gasteiger partial charge in [-0.3, -0.25) is 4.79 Å². The first kappa shape index (κ1) is 23.3. The van der Waals surface area contributed by atoms with Gasteiger partial charge in [0.1, 0.15) is 0 Å². The minimum absolute atomic E-state index is 0.0137. The summed E-state index contributed by atoms with van der Waals surface area (Å²) in [6.45, 7) is 1.55. The Morgan fingerprint density at radius 3 is 2.50 bits per heavy atom. The summed E-state index contributed by atoms with van der Waals surface area (Å²) in [5, 5.41) is 21.1. The third-order valence-corrected chi connectivity index (χ3v) is 7.32. The summed E-state index contributed by atoms with van der Waals surface area (Å²) < 4.78 is 0. The zero-order chi connectivity index (χ0) is 22.9. The summed E-state index contributed by atoms with van der Waals surface area (Å²) in [5.41, 5.74) is 1.27. The third-order valence-electron chi connectivity index (χ3n) is 6.83. The van der Waals surface area contributed by atoms with Gasteiger partial charge in [-0.05, 0) is 61.1 Å². The van der Waals surface area contributed by atoms with Crippen LogP contribution in [0.4, 0.5) is 0 Å². The highest BCUT2D eigenvalue weighted by Crippen LogP contribution is 2.53. The maximum Gasteiger partial charge on any atom is 0.229 e. The molecule has 2 aliphatic rings. The number of piperidine rings is 1. The monoisotopic (exact) mass is 473 g/mol. The molecular formula is C26H29Cl2NO3. The predicted octanol–water partition coefficient (Wildman–Crippen LogP) is 5.52. The number of benzene rings is 2. The summed E-state index contributed by atoms with van der Waals surface area (Å²) in [6, 6.07) is 15.3. The molecule has 4 rings (SSSR count). The number of halogens is 2. The fraction of sp³-hybridized carbons (Fsp3) is 0.423. The van der Waals surface area contributed by atoms with Crippen molar-refractivity contribution in [1.29, 1.82) is 0 Å². The first-order valence-electron chi connectivity index (χ1n) is 11.1. The number of allylic oxidation sites excluding steroid dienone is 1. The van der Waals surface area contributed by atoms with Gasteiger partial charge in [-0.1, -0.05) is 66.5 Å². The van der Waals surface area contributed by atoms with E-state index >= 15 is 0 Å². The highest BCUT2D eigenvalue weighted by molar-refractivity contribution is 6.30. The average Bonchev–Trinajstić information content (AvgIpc) is 3.30. The number of amides is 1. The van der Waals surface area contributed by atoms with Crippen LogP contribution < -0.4 is 0 Å². The van der Waals surface area contributed by atoms with E-state index in [1.54, 1.807) is 0 Å². The molecule has 170 valence electrons. The van der Waals surface area contributed by atoms with Crippen LogP contribution in [0.5, 0.6) is 0 Å². The van der Waals surface area contributed by atoms with E-state index in [-0.39, 0.29) is 36.9 Å². The van der Waals surface area contributed by atoms with Crippen LogP contribution in [0, 0.1) is 5.41 Å². The van der Waals surface area contributed by atoms with Crippen molar-refractivity contribution in [3.63, 3.8) is 0 Å². The Bertz CT molecular complexity index is 993. The molecule has 6 heteroatoms. The van der Waals surface area contributed by atoms with Gasteiger partial charge in [-0.15, -0.1) is 0 Å². The smallest absolute Gasteiger partial charge is 0.229 e. The zero-order valence-corrected chi connectivity index (χ0v) is 19.6. The summed E-state index contributed by atoms with van der Waals surface area (Å²) in [6.07, 6.45) is 5.85. The first-order chi connectivity index (χ1) is 15.3. The van der Waals surface area contributed by atoms with Crippen molar-refractivity contribution in [3.05, 3.63) is 81.9 Å². The molecule has 4 nitrogen and oxygen atoms in total. The van der Waals surface area contributed by atoms with Crippen molar-refractivity contribution in [1.82, 2.24) is 4.90 Å². The normalized spacial score (nSPS) is 28.8. The number of carbonyl (C=O) groups is 1. The van der Waals surface area contributed by atoms with Crippen LogP contribution in [0.3, 0.4) is 0 Å². The lowest BCUT2D eigenvalue weighted by Crippen LogP contribution is -2.55. The Hall–Kier alpha value is -1.85. The number of nitrogens with zero attached hydrogens (tertiary/aromatic N) is 1. The summed E-state index contributed by atoms with van der Waals surface area (Å²) in [7, 11) is 0. The summed E-state index contributed by atoms with van der Waals surface area (Å²) >= 11 is 12.5. The number of rotatable bonds is 6. The number of hydrogen-bond donors (Lipinski definition) is 2.